The van der Waals surface area contributed by atoms with E-state index in [0.717, 1.165) is 27.6 Å². The average Bonchev–Trinajstić information content (AvgIpc) is 3.04. The molecule has 1 aromatic carbocycles. The Hall–Kier alpha value is -2.15. The van der Waals surface area contributed by atoms with Crippen molar-refractivity contribution in [2.75, 3.05) is 12.3 Å². The van der Waals surface area contributed by atoms with Gasteiger partial charge in [0.2, 0.25) is 11.1 Å². The predicted octanol–water partition coefficient (Wildman–Crippen LogP) is 1.52. The average molecular weight is 315 g/mol. The van der Waals surface area contributed by atoms with Gasteiger partial charge >= 0.3 is 0 Å². The van der Waals surface area contributed by atoms with Gasteiger partial charge in [0.15, 0.2) is 0 Å². The van der Waals surface area contributed by atoms with Gasteiger partial charge in [0, 0.05) is 19.3 Å². The van der Waals surface area contributed by atoms with Crippen LogP contribution >= 0.6 is 11.8 Å². The van der Waals surface area contributed by atoms with Crippen molar-refractivity contribution in [2.24, 2.45) is 13.0 Å². The van der Waals surface area contributed by atoms with Crippen LogP contribution < -0.4 is 5.32 Å². The fourth-order valence-corrected chi connectivity index (χ4v) is 3.14. The van der Waals surface area contributed by atoms with Crippen LogP contribution in [0.1, 0.15) is 12.5 Å². The number of hydrogen-bond donors (Lipinski definition) is 1. The van der Waals surface area contributed by atoms with Gasteiger partial charge in [-0.2, -0.15) is 0 Å². The molecule has 0 fully saturated rings. The van der Waals surface area contributed by atoms with E-state index in [4.69, 9.17) is 0 Å². The first kappa shape index (κ1) is 14.8. The SMILES string of the molecule is CC1=C(c2ccccc2)[C@@H]1C(=O)NCCSc1nnnn1C. The van der Waals surface area contributed by atoms with Crippen LogP contribution in [0.15, 0.2) is 41.1 Å². The van der Waals surface area contributed by atoms with Crippen molar-refractivity contribution < 1.29 is 4.79 Å². The van der Waals surface area contributed by atoms with Gasteiger partial charge in [0.25, 0.3) is 0 Å². The lowest BCUT2D eigenvalue weighted by atomic mass is 10.1. The van der Waals surface area contributed by atoms with E-state index in [1.165, 1.54) is 11.8 Å². The van der Waals surface area contributed by atoms with Crippen molar-refractivity contribution in [1.29, 1.82) is 0 Å². The minimum Gasteiger partial charge on any atom is -0.354 e. The molecule has 1 atom stereocenters. The highest BCUT2D eigenvalue weighted by molar-refractivity contribution is 7.99. The van der Waals surface area contributed by atoms with Crippen LogP contribution in [0.2, 0.25) is 0 Å². The van der Waals surface area contributed by atoms with Crippen LogP contribution in [0.3, 0.4) is 0 Å². The second-order valence-electron chi connectivity index (χ2n) is 5.12. The lowest BCUT2D eigenvalue weighted by Crippen LogP contribution is -2.28. The van der Waals surface area contributed by atoms with Crippen molar-refractivity contribution in [3.8, 4) is 0 Å². The number of nitrogens with one attached hydrogen (secondary N) is 1. The number of hydrogen-bond acceptors (Lipinski definition) is 5. The third-order valence-corrected chi connectivity index (χ3v) is 4.64. The summed E-state index contributed by atoms with van der Waals surface area (Å²) >= 11 is 1.52. The fraction of sp³-hybridized carbons (Fsp3) is 0.333. The molecule has 3 rings (SSSR count). The van der Waals surface area contributed by atoms with E-state index in [9.17, 15) is 4.79 Å². The minimum absolute atomic E-state index is 0.0658. The summed E-state index contributed by atoms with van der Waals surface area (Å²) in [5, 5.41) is 15.0. The lowest BCUT2D eigenvalue weighted by molar-refractivity contribution is -0.121. The molecule has 0 saturated heterocycles. The Morgan fingerprint density at radius 2 is 2.14 bits per heavy atom. The van der Waals surface area contributed by atoms with E-state index >= 15 is 0 Å². The Bertz CT molecular complexity index is 710. The van der Waals surface area contributed by atoms with Crippen molar-refractivity contribution >= 4 is 23.2 Å². The molecule has 1 N–H and O–H groups in total. The van der Waals surface area contributed by atoms with Gasteiger partial charge in [0.1, 0.15) is 0 Å². The molecule has 1 aliphatic rings. The van der Waals surface area contributed by atoms with Crippen LogP contribution in [0.4, 0.5) is 0 Å². The third-order valence-electron chi connectivity index (χ3n) is 3.62. The highest BCUT2D eigenvalue weighted by Crippen LogP contribution is 2.46. The summed E-state index contributed by atoms with van der Waals surface area (Å²) in [6, 6.07) is 10.1. The molecule has 0 saturated carbocycles. The number of thioether (sulfide) groups is 1. The van der Waals surface area contributed by atoms with Crippen molar-refractivity contribution in [3.05, 3.63) is 41.5 Å². The summed E-state index contributed by atoms with van der Waals surface area (Å²) in [6.45, 7) is 2.62. The Labute approximate surface area is 133 Å². The Morgan fingerprint density at radius 1 is 1.36 bits per heavy atom. The summed E-state index contributed by atoms with van der Waals surface area (Å²) < 4.78 is 1.62. The number of amides is 1. The van der Waals surface area contributed by atoms with E-state index in [1.54, 1.807) is 11.7 Å². The maximum atomic E-state index is 12.2. The predicted molar refractivity (Wildman–Crippen MR) is 85.1 cm³/mol. The molecule has 0 spiro atoms. The maximum Gasteiger partial charge on any atom is 0.231 e. The lowest BCUT2D eigenvalue weighted by Gasteiger charge is -2.05. The number of rotatable bonds is 6. The van der Waals surface area contributed by atoms with Crippen LogP contribution in [0.25, 0.3) is 5.57 Å². The third kappa shape index (κ3) is 3.04. The number of nitrogens with zero attached hydrogens (tertiary/aromatic N) is 4. The molecule has 2 aromatic rings. The van der Waals surface area contributed by atoms with E-state index < -0.39 is 0 Å². The van der Waals surface area contributed by atoms with Crippen LogP contribution in [0.5, 0.6) is 0 Å². The number of carbonyl (C=O) groups excluding carboxylic acids is 1. The topological polar surface area (TPSA) is 72.7 Å². The second kappa shape index (κ2) is 6.31. The van der Waals surface area contributed by atoms with Gasteiger partial charge in [-0.15, -0.1) is 5.10 Å². The zero-order chi connectivity index (χ0) is 15.5. The van der Waals surface area contributed by atoms with Crippen LogP contribution in [0, 0.1) is 5.92 Å². The second-order valence-corrected chi connectivity index (χ2v) is 6.18. The Balaban J connectivity index is 1.45. The number of carbonyl (C=O) groups is 1. The minimum atomic E-state index is -0.0658. The zero-order valence-corrected chi connectivity index (χ0v) is 13.3. The van der Waals surface area contributed by atoms with E-state index in [2.05, 4.69) is 20.8 Å². The molecule has 0 aliphatic heterocycles. The molecule has 0 bridgehead atoms. The molecule has 6 nitrogen and oxygen atoms in total. The smallest absolute Gasteiger partial charge is 0.231 e. The normalized spacial score (nSPS) is 16.7. The molecule has 1 heterocycles. The molecule has 0 radical (unpaired) electrons. The van der Waals surface area contributed by atoms with E-state index in [0.29, 0.717) is 6.54 Å². The highest BCUT2D eigenvalue weighted by atomic mass is 32.2. The molecule has 114 valence electrons. The first-order chi connectivity index (χ1) is 10.7. The van der Waals surface area contributed by atoms with Gasteiger partial charge in [0.05, 0.1) is 5.92 Å². The Morgan fingerprint density at radius 3 is 2.82 bits per heavy atom. The summed E-state index contributed by atoms with van der Waals surface area (Å²) in [5.41, 5.74) is 3.46. The summed E-state index contributed by atoms with van der Waals surface area (Å²) in [7, 11) is 1.80. The largest absolute Gasteiger partial charge is 0.354 e. The molecule has 22 heavy (non-hydrogen) atoms. The Kier molecular flexibility index (Phi) is 4.24. The van der Waals surface area contributed by atoms with Gasteiger partial charge < -0.3 is 5.32 Å². The summed E-state index contributed by atoms with van der Waals surface area (Å²) in [4.78, 5) is 12.2. The standard InChI is InChI=1S/C15H17N5OS/c1-10-12(11-6-4-3-5-7-11)13(10)14(21)16-8-9-22-15-17-18-19-20(15)2/h3-7,13H,8-9H2,1-2H3,(H,16,21)/t13-/m1/s1. The molecule has 1 aromatic heterocycles. The van der Waals surface area contributed by atoms with Gasteiger partial charge in [-0.3, -0.25) is 4.79 Å². The van der Waals surface area contributed by atoms with Gasteiger partial charge in [-0.05, 0) is 28.5 Å². The molecular formula is C15H17N5OS. The number of benzene rings is 1. The van der Waals surface area contributed by atoms with Gasteiger partial charge in [-0.1, -0.05) is 47.7 Å². The number of aromatic nitrogens is 4. The molecular weight excluding hydrogens is 298 g/mol. The highest BCUT2D eigenvalue weighted by Gasteiger charge is 2.39. The first-order valence-corrected chi connectivity index (χ1v) is 8.06. The molecule has 7 heteroatoms. The van der Waals surface area contributed by atoms with Crippen LogP contribution in [-0.2, 0) is 11.8 Å². The molecule has 1 amide bonds. The fourth-order valence-electron chi connectivity index (χ4n) is 2.43. The molecule has 1 aliphatic carbocycles. The van der Waals surface area contributed by atoms with Crippen molar-refractivity contribution in [2.45, 2.75) is 12.1 Å². The van der Waals surface area contributed by atoms with Crippen molar-refractivity contribution in [3.63, 3.8) is 0 Å². The molecule has 0 unspecified atom stereocenters. The summed E-state index contributed by atoms with van der Waals surface area (Å²) in [5.74, 6) is 0.754. The zero-order valence-electron chi connectivity index (χ0n) is 12.5. The monoisotopic (exact) mass is 315 g/mol. The van der Waals surface area contributed by atoms with E-state index in [1.807, 2.05) is 37.3 Å². The number of tetrazole rings is 1. The summed E-state index contributed by atoms with van der Waals surface area (Å²) in [6.07, 6.45) is 0. The first-order valence-electron chi connectivity index (χ1n) is 7.07. The maximum absolute atomic E-state index is 12.2. The van der Waals surface area contributed by atoms with Crippen LogP contribution in [-0.4, -0.2) is 38.4 Å². The van der Waals surface area contributed by atoms with E-state index in [-0.39, 0.29) is 11.8 Å². The quantitative estimate of drug-likeness (QED) is 0.646. The number of aryl methyl sites for hydroxylation is 1. The van der Waals surface area contributed by atoms with Crippen molar-refractivity contribution in [1.82, 2.24) is 25.5 Å². The van der Waals surface area contributed by atoms with Gasteiger partial charge in [-0.25, -0.2) is 4.68 Å².